The van der Waals surface area contributed by atoms with Gasteiger partial charge in [0, 0.05) is 0 Å². The number of aromatic hydroxyl groups is 1. The van der Waals surface area contributed by atoms with Gasteiger partial charge in [-0.15, -0.1) is 0 Å². The molecule has 6 rings (SSSR count). The number of phenols is 1. The molecule has 0 aromatic heterocycles. The summed E-state index contributed by atoms with van der Waals surface area (Å²) in [6.07, 6.45) is 0. The number of rotatable bonds is 4. The predicted molar refractivity (Wildman–Crippen MR) is 154 cm³/mol. The van der Waals surface area contributed by atoms with E-state index in [1.165, 1.54) is 6.07 Å². The summed E-state index contributed by atoms with van der Waals surface area (Å²) in [6, 6.07) is 8.49. The number of hydrogen-bond donors (Lipinski definition) is 2. The summed E-state index contributed by atoms with van der Waals surface area (Å²) in [5.41, 5.74) is 0.306. The summed E-state index contributed by atoms with van der Waals surface area (Å²) >= 11 is -4.14. The van der Waals surface area contributed by atoms with E-state index >= 15 is 8.78 Å². The Morgan fingerprint density at radius 2 is 1.51 bits per heavy atom. The van der Waals surface area contributed by atoms with Crippen LogP contribution in [0.3, 0.4) is 0 Å². The van der Waals surface area contributed by atoms with Crippen molar-refractivity contribution < 1.29 is 28.2 Å². The molecular formula is C24H16As2F2O5S4. The van der Waals surface area contributed by atoms with Crippen LogP contribution in [-0.4, -0.2) is 63.9 Å². The van der Waals surface area contributed by atoms with Crippen LogP contribution in [0, 0.1) is 11.6 Å². The van der Waals surface area contributed by atoms with Gasteiger partial charge in [-0.25, -0.2) is 0 Å². The van der Waals surface area contributed by atoms with E-state index in [1.54, 1.807) is 58.3 Å². The number of phenolic OH excluding ortho intramolecular Hbond substituents is 1. The zero-order valence-corrected chi connectivity index (χ0v) is 25.7. The first kappa shape index (κ1) is 26.0. The first-order chi connectivity index (χ1) is 17.9. The molecule has 0 saturated carbocycles. The molecule has 5 nitrogen and oxygen atoms in total. The molecule has 0 amide bonds. The molecule has 0 bridgehead atoms. The standard InChI is InChI=1S/C24H16As2F2O5S4/c27-15-9-13-17(11-3-1-2-4-12(11)24(31)32)14-10-16(28)21(30)19(26-36-7-8-37-26)23(14)33-22(13)18(20(15)29)25-34-5-6-35-25/h1-4,9-10,29H,5-8H2,(H,31,32). The average Bonchev–Trinajstić information content (AvgIpc) is 3.60. The average molecular weight is 700 g/mol. The molecule has 0 radical (unpaired) electrons. The summed E-state index contributed by atoms with van der Waals surface area (Å²) in [4.78, 5) is 25.4. The summed E-state index contributed by atoms with van der Waals surface area (Å²) in [7, 11) is 6.71. The van der Waals surface area contributed by atoms with Crippen LogP contribution in [0.1, 0.15) is 10.4 Å². The van der Waals surface area contributed by atoms with Gasteiger partial charge in [0.2, 0.25) is 0 Å². The zero-order chi connectivity index (χ0) is 25.8. The van der Waals surface area contributed by atoms with Gasteiger partial charge in [-0.1, -0.05) is 0 Å². The van der Waals surface area contributed by atoms with Crippen molar-refractivity contribution in [2.24, 2.45) is 0 Å². The number of carboxylic acid groups (broad SMARTS) is 1. The van der Waals surface area contributed by atoms with E-state index in [9.17, 15) is 19.8 Å². The molecule has 2 aromatic carbocycles. The normalized spacial score (nSPS) is 16.8. The molecule has 0 unspecified atom stereocenters. The van der Waals surface area contributed by atoms with E-state index in [0.717, 1.165) is 35.1 Å². The van der Waals surface area contributed by atoms with E-state index in [1.807, 2.05) is 0 Å². The molecule has 3 heterocycles. The Bertz CT molecular complexity index is 1600. The van der Waals surface area contributed by atoms with Gasteiger partial charge in [-0.2, -0.15) is 0 Å². The van der Waals surface area contributed by atoms with Gasteiger partial charge >= 0.3 is 234 Å². The monoisotopic (exact) mass is 700 g/mol. The predicted octanol–water partition coefficient (Wildman–Crippen LogP) is 4.60. The van der Waals surface area contributed by atoms with Crippen LogP contribution in [0.5, 0.6) is 5.75 Å². The second-order valence-electron chi connectivity index (χ2n) is 8.02. The molecular weight excluding hydrogens is 684 g/mol. The Balaban J connectivity index is 1.83. The molecule has 4 aliphatic rings. The molecule has 2 N–H and O–H groups in total. The molecule has 2 saturated heterocycles. The first-order valence-corrected chi connectivity index (χ1v) is 25.8. The van der Waals surface area contributed by atoms with E-state index in [4.69, 9.17) is 4.42 Å². The van der Waals surface area contributed by atoms with Crippen LogP contribution < -0.4 is 14.1 Å². The fourth-order valence-electron chi connectivity index (χ4n) is 4.36. The third kappa shape index (κ3) is 4.44. The van der Waals surface area contributed by atoms with Crippen molar-refractivity contribution >= 4 is 90.4 Å². The number of fused-ring (bicyclic) bond motifs is 2. The van der Waals surface area contributed by atoms with E-state index < -0.39 is 53.5 Å². The summed E-state index contributed by atoms with van der Waals surface area (Å²) < 4.78 is 37.6. The second kappa shape index (κ2) is 10.4. The van der Waals surface area contributed by atoms with Gasteiger partial charge in [-0.05, 0) is 0 Å². The van der Waals surface area contributed by atoms with E-state index in [-0.39, 0.29) is 33.4 Å². The number of halogens is 2. The first-order valence-electron chi connectivity index (χ1n) is 11.0. The summed E-state index contributed by atoms with van der Waals surface area (Å²) in [5, 5.41) is 21.1. The van der Waals surface area contributed by atoms with Crippen LogP contribution in [0.4, 0.5) is 8.78 Å². The molecule has 13 heteroatoms. The number of carbonyl (C=O) groups is 1. The second-order valence-corrected chi connectivity index (χ2v) is 31.2. The zero-order valence-electron chi connectivity index (χ0n) is 18.7. The fraction of sp³-hybridized carbons (Fsp3) is 0.167. The molecule has 2 fully saturated rings. The SMILES string of the molecule is O=C(O)c1ccccc1-c1c2cc(F)c(=O)c([As]3SCCS3)c-2oc2c([As]3SCCS3)c(O)c(F)cc12. The molecule has 190 valence electrons. The van der Waals surface area contributed by atoms with Crippen LogP contribution >= 0.6 is 40.1 Å². The number of carboxylic acids is 1. The molecule has 1 aliphatic carbocycles. The third-order valence-corrected chi connectivity index (χ3v) is 33.0. The summed E-state index contributed by atoms with van der Waals surface area (Å²) in [6.45, 7) is 0. The van der Waals surface area contributed by atoms with Gasteiger partial charge in [-0.3, -0.25) is 0 Å². The van der Waals surface area contributed by atoms with Crippen molar-refractivity contribution in [1.82, 2.24) is 0 Å². The topological polar surface area (TPSA) is 87.7 Å². The van der Waals surface area contributed by atoms with Crippen molar-refractivity contribution in [3.63, 3.8) is 0 Å². The quantitative estimate of drug-likeness (QED) is 0.235. The van der Waals surface area contributed by atoms with Gasteiger partial charge in [0.15, 0.2) is 0 Å². The Morgan fingerprint density at radius 1 is 0.892 bits per heavy atom. The van der Waals surface area contributed by atoms with Gasteiger partial charge in [0.1, 0.15) is 0 Å². The van der Waals surface area contributed by atoms with Crippen LogP contribution in [0.2, 0.25) is 0 Å². The van der Waals surface area contributed by atoms with Crippen LogP contribution in [-0.2, 0) is 0 Å². The Kier molecular flexibility index (Phi) is 7.31. The Morgan fingerprint density at radius 3 is 2.16 bits per heavy atom. The Labute approximate surface area is 232 Å². The van der Waals surface area contributed by atoms with Crippen molar-refractivity contribution in [2.45, 2.75) is 0 Å². The van der Waals surface area contributed by atoms with Crippen LogP contribution in [0.25, 0.3) is 33.4 Å². The van der Waals surface area contributed by atoms with Crippen molar-refractivity contribution in [3.8, 4) is 28.2 Å². The molecule has 0 atom stereocenters. The minimum absolute atomic E-state index is 0.0376. The van der Waals surface area contributed by atoms with Crippen molar-refractivity contribution in [1.29, 1.82) is 0 Å². The van der Waals surface area contributed by atoms with Crippen molar-refractivity contribution in [3.05, 3.63) is 63.8 Å². The fourth-order valence-corrected chi connectivity index (χ4v) is 33.9. The molecule has 2 aromatic rings. The molecule has 37 heavy (non-hydrogen) atoms. The van der Waals surface area contributed by atoms with Gasteiger partial charge < -0.3 is 0 Å². The van der Waals surface area contributed by atoms with Crippen LogP contribution in [0.15, 0.2) is 45.6 Å². The van der Waals surface area contributed by atoms with E-state index in [2.05, 4.69) is 0 Å². The maximum absolute atomic E-state index is 15.3. The maximum atomic E-state index is 15.3. The Hall–Kier alpha value is -1.22. The van der Waals surface area contributed by atoms with Gasteiger partial charge in [0.05, 0.1) is 0 Å². The van der Waals surface area contributed by atoms with Gasteiger partial charge in [0.25, 0.3) is 0 Å². The van der Waals surface area contributed by atoms with E-state index in [0.29, 0.717) is 14.3 Å². The number of benzene rings is 3. The molecule has 3 aliphatic heterocycles. The molecule has 0 spiro atoms. The number of aromatic carboxylic acids is 1. The van der Waals surface area contributed by atoms with Crippen molar-refractivity contribution in [2.75, 3.05) is 23.0 Å². The summed E-state index contributed by atoms with van der Waals surface area (Å²) in [5.74, 6) is 0.217. The number of hydrogen-bond acceptors (Lipinski definition) is 8. The third-order valence-electron chi connectivity index (χ3n) is 5.88. The minimum atomic E-state index is -2.10.